The zero-order valence-corrected chi connectivity index (χ0v) is 8.84. The fourth-order valence-corrected chi connectivity index (χ4v) is 1.32. The number of hydrogen-bond acceptors (Lipinski definition) is 3. The van der Waals surface area contributed by atoms with E-state index in [1.54, 1.807) is 18.2 Å². The fourth-order valence-electron chi connectivity index (χ4n) is 1.32. The molecule has 1 heterocycles. The molecule has 0 aliphatic heterocycles. The van der Waals surface area contributed by atoms with Gasteiger partial charge in [-0.2, -0.15) is 5.26 Å². The first-order valence-electron chi connectivity index (χ1n) is 4.90. The lowest BCUT2D eigenvalue weighted by molar-refractivity contribution is 0.459. The van der Waals surface area contributed by atoms with Crippen molar-refractivity contribution in [1.82, 2.24) is 4.98 Å². The number of nitrogens with zero attached hydrogens (tertiary/aromatic N) is 2. The van der Waals surface area contributed by atoms with Crippen LogP contribution < -0.4 is 4.74 Å². The number of nitriles is 1. The van der Waals surface area contributed by atoms with Crippen LogP contribution in [0, 0.1) is 18.3 Å². The molecule has 0 unspecified atom stereocenters. The second kappa shape index (κ2) is 4.45. The summed E-state index contributed by atoms with van der Waals surface area (Å²) in [7, 11) is 0. The van der Waals surface area contributed by atoms with E-state index in [2.05, 4.69) is 4.98 Å². The molecule has 2 rings (SSSR count). The van der Waals surface area contributed by atoms with Gasteiger partial charge < -0.3 is 4.74 Å². The number of para-hydroxylation sites is 1. The monoisotopic (exact) mass is 210 g/mol. The number of aromatic nitrogens is 1. The van der Waals surface area contributed by atoms with Crippen LogP contribution >= 0.6 is 0 Å². The standard InChI is InChI=1S/C13H10N2O/c1-10-5-2-3-7-12(10)16-13-8-4-6-11(9-14)15-13/h2-8H,1H3. The molecule has 0 spiro atoms. The molecule has 0 aliphatic rings. The third-order valence-electron chi connectivity index (χ3n) is 2.15. The summed E-state index contributed by atoms with van der Waals surface area (Å²) in [6, 6.07) is 14.8. The molecule has 0 saturated carbocycles. The van der Waals surface area contributed by atoms with Crippen LogP contribution in [0.2, 0.25) is 0 Å². The van der Waals surface area contributed by atoms with E-state index in [1.165, 1.54) is 0 Å². The fraction of sp³-hybridized carbons (Fsp3) is 0.0769. The van der Waals surface area contributed by atoms with Crippen LogP contribution in [0.4, 0.5) is 0 Å². The zero-order valence-electron chi connectivity index (χ0n) is 8.84. The molecule has 16 heavy (non-hydrogen) atoms. The number of rotatable bonds is 2. The van der Waals surface area contributed by atoms with Gasteiger partial charge in [0.2, 0.25) is 5.88 Å². The Morgan fingerprint density at radius 1 is 1.12 bits per heavy atom. The first-order valence-corrected chi connectivity index (χ1v) is 4.90. The summed E-state index contributed by atoms with van der Waals surface area (Å²) in [4.78, 5) is 4.04. The van der Waals surface area contributed by atoms with Crippen LogP contribution in [0.3, 0.4) is 0 Å². The maximum absolute atomic E-state index is 8.71. The van der Waals surface area contributed by atoms with Gasteiger partial charge in [0.05, 0.1) is 0 Å². The lowest BCUT2D eigenvalue weighted by Crippen LogP contribution is -1.91. The van der Waals surface area contributed by atoms with Gasteiger partial charge in [0.25, 0.3) is 0 Å². The van der Waals surface area contributed by atoms with E-state index >= 15 is 0 Å². The van der Waals surface area contributed by atoms with Gasteiger partial charge in [0, 0.05) is 6.07 Å². The molecule has 1 aromatic heterocycles. The van der Waals surface area contributed by atoms with Gasteiger partial charge in [-0.05, 0) is 24.6 Å². The Balaban J connectivity index is 2.28. The van der Waals surface area contributed by atoms with Crippen molar-refractivity contribution in [2.45, 2.75) is 6.92 Å². The van der Waals surface area contributed by atoms with Crippen molar-refractivity contribution in [2.75, 3.05) is 0 Å². The van der Waals surface area contributed by atoms with Crippen molar-refractivity contribution in [1.29, 1.82) is 5.26 Å². The summed E-state index contributed by atoms with van der Waals surface area (Å²) in [5.41, 5.74) is 1.39. The van der Waals surface area contributed by atoms with E-state index < -0.39 is 0 Å². The van der Waals surface area contributed by atoms with Gasteiger partial charge in [-0.1, -0.05) is 24.3 Å². The van der Waals surface area contributed by atoms with Crippen molar-refractivity contribution in [3.05, 3.63) is 53.7 Å². The second-order valence-corrected chi connectivity index (χ2v) is 3.34. The minimum absolute atomic E-state index is 0.353. The molecule has 3 nitrogen and oxygen atoms in total. The van der Waals surface area contributed by atoms with E-state index in [0.29, 0.717) is 11.6 Å². The number of hydrogen-bond donors (Lipinski definition) is 0. The third-order valence-corrected chi connectivity index (χ3v) is 2.15. The second-order valence-electron chi connectivity index (χ2n) is 3.34. The quantitative estimate of drug-likeness (QED) is 0.765. The average molecular weight is 210 g/mol. The summed E-state index contributed by atoms with van der Waals surface area (Å²) >= 11 is 0. The van der Waals surface area contributed by atoms with Crippen LogP contribution in [0.25, 0.3) is 0 Å². The number of ether oxygens (including phenoxy) is 1. The van der Waals surface area contributed by atoms with Gasteiger partial charge >= 0.3 is 0 Å². The summed E-state index contributed by atoms with van der Waals surface area (Å²) in [5, 5.41) is 8.71. The third kappa shape index (κ3) is 2.18. The van der Waals surface area contributed by atoms with Crippen molar-refractivity contribution < 1.29 is 4.74 Å². The summed E-state index contributed by atoms with van der Waals surface area (Å²) < 4.78 is 5.59. The smallest absolute Gasteiger partial charge is 0.220 e. The highest BCUT2D eigenvalue weighted by Crippen LogP contribution is 2.22. The van der Waals surface area contributed by atoms with Crippen LogP contribution in [-0.2, 0) is 0 Å². The lowest BCUT2D eigenvalue weighted by Gasteiger charge is -2.06. The Morgan fingerprint density at radius 3 is 2.69 bits per heavy atom. The maximum Gasteiger partial charge on any atom is 0.220 e. The molecule has 0 N–H and O–H groups in total. The van der Waals surface area contributed by atoms with Gasteiger partial charge in [-0.3, -0.25) is 0 Å². The van der Waals surface area contributed by atoms with Crippen molar-refractivity contribution >= 4 is 0 Å². The van der Waals surface area contributed by atoms with Crippen LogP contribution in [-0.4, -0.2) is 4.98 Å². The average Bonchev–Trinajstić information content (AvgIpc) is 2.32. The highest BCUT2D eigenvalue weighted by atomic mass is 16.5. The lowest BCUT2D eigenvalue weighted by atomic mass is 10.2. The van der Waals surface area contributed by atoms with Gasteiger partial charge in [0.1, 0.15) is 17.5 Å². The molecule has 3 heteroatoms. The molecule has 0 aliphatic carbocycles. The molecule has 0 saturated heterocycles. The predicted molar refractivity (Wildman–Crippen MR) is 60.2 cm³/mol. The van der Waals surface area contributed by atoms with Crippen molar-refractivity contribution in [3.8, 4) is 17.7 Å². The molecule has 0 bridgehead atoms. The molecular weight excluding hydrogens is 200 g/mol. The van der Waals surface area contributed by atoms with Gasteiger partial charge in [-0.15, -0.1) is 0 Å². The van der Waals surface area contributed by atoms with Crippen LogP contribution in [0.5, 0.6) is 11.6 Å². The number of pyridine rings is 1. The number of aryl methyl sites for hydroxylation is 1. The van der Waals surface area contributed by atoms with Gasteiger partial charge in [0.15, 0.2) is 0 Å². The first kappa shape index (κ1) is 10.2. The molecule has 2 aromatic rings. The van der Waals surface area contributed by atoms with E-state index in [4.69, 9.17) is 10.00 Å². The zero-order chi connectivity index (χ0) is 11.4. The molecule has 0 amide bonds. The van der Waals surface area contributed by atoms with E-state index in [-0.39, 0.29) is 0 Å². The van der Waals surface area contributed by atoms with E-state index in [1.807, 2.05) is 37.3 Å². The Labute approximate surface area is 93.9 Å². The Morgan fingerprint density at radius 2 is 1.94 bits per heavy atom. The molecule has 0 atom stereocenters. The predicted octanol–water partition coefficient (Wildman–Crippen LogP) is 3.05. The summed E-state index contributed by atoms with van der Waals surface area (Å²) in [6.45, 7) is 1.96. The van der Waals surface area contributed by atoms with Gasteiger partial charge in [-0.25, -0.2) is 4.98 Å². The summed E-state index contributed by atoms with van der Waals surface area (Å²) in [6.07, 6.45) is 0. The Hall–Kier alpha value is -2.34. The Kier molecular flexibility index (Phi) is 2.84. The highest BCUT2D eigenvalue weighted by Gasteiger charge is 2.02. The van der Waals surface area contributed by atoms with E-state index in [9.17, 15) is 0 Å². The highest BCUT2D eigenvalue weighted by molar-refractivity contribution is 5.35. The molecule has 0 radical (unpaired) electrons. The van der Waals surface area contributed by atoms with E-state index in [0.717, 1.165) is 11.3 Å². The minimum Gasteiger partial charge on any atom is -0.439 e. The topological polar surface area (TPSA) is 45.9 Å². The molecule has 0 fully saturated rings. The minimum atomic E-state index is 0.353. The first-order chi connectivity index (χ1) is 7.79. The van der Waals surface area contributed by atoms with Crippen LogP contribution in [0.15, 0.2) is 42.5 Å². The maximum atomic E-state index is 8.71. The molecule has 1 aromatic carbocycles. The molecular formula is C13H10N2O. The van der Waals surface area contributed by atoms with Crippen molar-refractivity contribution in [2.24, 2.45) is 0 Å². The van der Waals surface area contributed by atoms with Crippen molar-refractivity contribution in [3.63, 3.8) is 0 Å². The normalized spacial score (nSPS) is 9.50. The number of benzene rings is 1. The largest absolute Gasteiger partial charge is 0.439 e. The van der Waals surface area contributed by atoms with Crippen LogP contribution in [0.1, 0.15) is 11.3 Å². The molecule has 78 valence electrons. The SMILES string of the molecule is Cc1ccccc1Oc1cccc(C#N)n1. The summed E-state index contributed by atoms with van der Waals surface area (Å²) in [5.74, 6) is 1.19. The Bertz CT molecular complexity index is 544.